The zero-order chi connectivity index (χ0) is 24.2. The Bertz CT molecular complexity index is 1030. The van der Waals surface area contributed by atoms with Crippen LogP contribution in [0.2, 0.25) is 0 Å². The van der Waals surface area contributed by atoms with Crippen LogP contribution in [0.1, 0.15) is 44.8 Å². The second-order valence-electron chi connectivity index (χ2n) is 8.92. The van der Waals surface area contributed by atoms with E-state index in [1.54, 1.807) is 30.3 Å². The van der Waals surface area contributed by atoms with Gasteiger partial charge in [0.1, 0.15) is 11.6 Å². The molecular weight excluding hydrogens is 462 g/mol. The number of carbonyl (C=O) groups excluding carboxylic acids is 1. The number of nitrogens with zero attached hydrogens (tertiary/aromatic N) is 6. The number of imidazole rings is 1. The molecule has 0 bridgehead atoms. The van der Waals surface area contributed by atoms with E-state index in [1.807, 2.05) is 6.26 Å². The predicted molar refractivity (Wildman–Crippen MR) is 127 cm³/mol. The maximum atomic E-state index is 12.8. The minimum atomic E-state index is -3.62. The number of piperidine rings is 1. The Hall–Kier alpha value is -1.92. The van der Waals surface area contributed by atoms with Crippen molar-refractivity contribution >= 4 is 27.7 Å². The molecule has 1 fully saturated rings. The van der Waals surface area contributed by atoms with Gasteiger partial charge >= 0.3 is 0 Å². The fourth-order valence-corrected chi connectivity index (χ4v) is 5.96. The van der Waals surface area contributed by atoms with Crippen LogP contribution in [0.5, 0.6) is 0 Å². The molecule has 0 saturated carbocycles. The molecule has 33 heavy (non-hydrogen) atoms. The van der Waals surface area contributed by atoms with E-state index in [0.717, 1.165) is 30.4 Å². The SMILES string of the molecule is CSc1nnc(CCCNC(=O)C2CCN(S(=O)(=O)c3cn(C)c(C)n3)CC2)n1CC(C)C. The number of hydrogen-bond acceptors (Lipinski definition) is 7. The summed E-state index contributed by atoms with van der Waals surface area (Å²) >= 11 is 1.59. The fourth-order valence-electron chi connectivity index (χ4n) is 3.95. The number of rotatable bonds is 10. The summed E-state index contributed by atoms with van der Waals surface area (Å²) in [6, 6.07) is 0. The zero-order valence-corrected chi connectivity index (χ0v) is 21.7. The Kier molecular flexibility index (Phi) is 8.57. The first-order valence-electron chi connectivity index (χ1n) is 11.4. The largest absolute Gasteiger partial charge is 0.356 e. The van der Waals surface area contributed by atoms with Crippen LogP contribution >= 0.6 is 11.8 Å². The molecule has 1 aliphatic heterocycles. The van der Waals surface area contributed by atoms with E-state index < -0.39 is 10.0 Å². The van der Waals surface area contributed by atoms with E-state index in [1.165, 1.54) is 10.5 Å². The quantitative estimate of drug-likeness (QED) is 0.393. The van der Waals surface area contributed by atoms with Gasteiger partial charge in [0.15, 0.2) is 10.2 Å². The Morgan fingerprint density at radius 3 is 2.55 bits per heavy atom. The van der Waals surface area contributed by atoms with Crippen LogP contribution in [0.3, 0.4) is 0 Å². The number of sulfonamides is 1. The van der Waals surface area contributed by atoms with Gasteiger partial charge in [0.05, 0.1) is 0 Å². The van der Waals surface area contributed by atoms with Crippen molar-refractivity contribution in [3.05, 3.63) is 17.8 Å². The molecule has 10 nitrogen and oxygen atoms in total. The highest BCUT2D eigenvalue weighted by molar-refractivity contribution is 7.98. The molecule has 1 N–H and O–H groups in total. The Labute approximate surface area is 200 Å². The summed E-state index contributed by atoms with van der Waals surface area (Å²) < 4.78 is 30.9. The third kappa shape index (κ3) is 6.15. The van der Waals surface area contributed by atoms with Gasteiger partial charge in [-0.3, -0.25) is 4.79 Å². The normalized spacial score (nSPS) is 15.9. The van der Waals surface area contributed by atoms with Crippen molar-refractivity contribution in [2.24, 2.45) is 18.9 Å². The molecule has 0 aliphatic carbocycles. The summed E-state index contributed by atoms with van der Waals surface area (Å²) in [5.41, 5.74) is 0. The molecule has 0 unspecified atom stereocenters. The highest BCUT2D eigenvalue weighted by Crippen LogP contribution is 2.23. The van der Waals surface area contributed by atoms with Gasteiger partial charge in [0.25, 0.3) is 10.0 Å². The lowest BCUT2D eigenvalue weighted by molar-refractivity contribution is -0.126. The first-order valence-corrected chi connectivity index (χ1v) is 14.0. The average molecular weight is 498 g/mol. The topological polar surface area (TPSA) is 115 Å². The molecule has 184 valence electrons. The summed E-state index contributed by atoms with van der Waals surface area (Å²) in [6.45, 7) is 8.20. The summed E-state index contributed by atoms with van der Waals surface area (Å²) in [7, 11) is -1.85. The van der Waals surface area contributed by atoms with Crippen molar-refractivity contribution in [1.29, 1.82) is 0 Å². The predicted octanol–water partition coefficient (Wildman–Crippen LogP) is 1.85. The van der Waals surface area contributed by atoms with Crippen molar-refractivity contribution in [1.82, 2.24) is 33.9 Å². The minimum absolute atomic E-state index is 0.00539. The smallest absolute Gasteiger partial charge is 0.262 e. The molecular formula is C21H35N7O3S2. The van der Waals surface area contributed by atoms with Crippen molar-refractivity contribution in [3.63, 3.8) is 0 Å². The van der Waals surface area contributed by atoms with Gasteiger partial charge in [-0.05, 0) is 38.4 Å². The van der Waals surface area contributed by atoms with E-state index in [9.17, 15) is 13.2 Å². The van der Waals surface area contributed by atoms with Gasteiger partial charge in [0, 0.05) is 51.8 Å². The van der Waals surface area contributed by atoms with Crippen LogP contribution in [0.25, 0.3) is 0 Å². The number of aromatic nitrogens is 5. The first kappa shape index (κ1) is 25.7. The maximum absolute atomic E-state index is 12.8. The third-order valence-electron chi connectivity index (χ3n) is 5.92. The summed E-state index contributed by atoms with van der Waals surface area (Å²) in [5, 5.41) is 12.6. The molecule has 12 heteroatoms. The molecule has 1 aliphatic rings. The average Bonchev–Trinajstić information content (AvgIpc) is 3.33. The molecule has 0 spiro atoms. The van der Waals surface area contributed by atoms with Gasteiger partial charge in [-0.15, -0.1) is 10.2 Å². The molecule has 1 saturated heterocycles. The van der Waals surface area contributed by atoms with Gasteiger partial charge in [-0.25, -0.2) is 13.4 Å². The van der Waals surface area contributed by atoms with Gasteiger partial charge in [0.2, 0.25) is 5.91 Å². The summed E-state index contributed by atoms with van der Waals surface area (Å²) in [4.78, 5) is 16.8. The second kappa shape index (κ2) is 11.0. The Morgan fingerprint density at radius 1 is 1.27 bits per heavy atom. The first-order chi connectivity index (χ1) is 15.6. The highest BCUT2D eigenvalue weighted by Gasteiger charge is 2.33. The van der Waals surface area contributed by atoms with Gasteiger partial charge in [-0.2, -0.15) is 4.31 Å². The van der Waals surface area contributed by atoms with Crippen molar-refractivity contribution in [2.45, 2.75) is 63.2 Å². The molecule has 3 heterocycles. The summed E-state index contributed by atoms with van der Waals surface area (Å²) in [5.74, 6) is 1.92. The number of aryl methyl sites for hydroxylation is 3. The van der Waals surface area contributed by atoms with E-state index in [-0.39, 0.29) is 16.9 Å². The van der Waals surface area contributed by atoms with Crippen LogP contribution in [0.4, 0.5) is 0 Å². The minimum Gasteiger partial charge on any atom is -0.356 e. The monoisotopic (exact) mass is 497 g/mol. The molecule has 0 aromatic carbocycles. The highest BCUT2D eigenvalue weighted by atomic mass is 32.2. The molecule has 0 radical (unpaired) electrons. The van der Waals surface area contributed by atoms with Gasteiger partial charge < -0.3 is 14.5 Å². The number of amides is 1. The van der Waals surface area contributed by atoms with E-state index in [2.05, 4.69) is 38.9 Å². The Balaban J connectivity index is 1.45. The Morgan fingerprint density at radius 2 is 1.97 bits per heavy atom. The number of thioether (sulfide) groups is 1. The van der Waals surface area contributed by atoms with E-state index >= 15 is 0 Å². The lowest BCUT2D eigenvalue weighted by Crippen LogP contribution is -2.43. The van der Waals surface area contributed by atoms with Crippen LogP contribution in [0, 0.1) is 18.8 Å². The zero-order valence-electron chi connectivity index (χ0n) is 20.1. The molecule has 2 aromatic heterocycles. The lowest BCUT2D eigenvalue weighted by Gasteiger charge is -2.29. The lowest BCUT2D eigenvalue weighted by atomic mass is 9.97. The van der Waals surface area contributed by atoms with E-state index in [0.29, 0.717) is 44.2 Å². The van der Waals surface area contributed by atoms with Crippen molar-refractivity contribution < 1.29 is 13.2 Å². The molecule has 2 aromatic rings. The molecule has 3 rings (SSSR count). The van der Waals surface area contributed by atoms with Crippen molar-refractivity contribution in [3.8, 4) is 0 Å². The fraction of sp³-hybridized carbons (Fsp3) is 0.714. The number of hydrogen-bond donors (Lipinski definition) is 1. The van der Waals surface area contributed by atoms with E-state index in [4.69, 9.17) is 0 Å². The third-order valence-corrected chi connectivity index (χ3v) is 8.35. The summed E-state index contributed by atoms with van der Waals surface area (Å²) in [6.07, 6.45) is 6.09. The van der Waals surface area contributed by atoms with Crippen LogP contribution in [-0.4, -0.2) is 68.8 Å². The molecule has 0 atom stereocenters. The number of carbonyl (C=O) groups is 1. The van der Waals surface area contributed by atoms with Crippen LogP contribution < -0.4 is 5.32 Å². The standard InChI is InChI=1S/C21H35N7O3S2/c1-15(2)13-28-18(24-25-21(28)32-5)7-6-10-22-20(29)17-8-11-27(12-9-17)33(30,31)19-14-26(4)16(3)23-19/h14-15,17H,6-13H2,1-5H3,(H,22,29). The van der Waals surface area contributed by atoms with Crippen LogP contribution in [-0.2, 0) is 34.8 Å². The number of nitrogens with one attached hydrogen (secondary N) is 1. The van der Waals surface area contributed by atoms with Gasteiger partial charge in [-0.1, -0.05) is 25.6 Å². The van der Waals surface area contributed by atoms with Crippen LogP contribution in [0.15, 0.2) is 16.4 Å². The van der Waals surface area contributed by atoms with Crippen molar-refractivity contribution in [2.75, 3.05) is 25.9 Å². The molecule has 1 amide bonds. The second-order valence-corrected chi connectivity index (χ2v) is 11.6. The maximum Gasteiger partial charge on any atom is 0.262 e.